The van der Waals surface area contributed by atoms with E-state index in [2.05, 4.69) is 86.8 Å². The minimum absolute atomic E-state index is 0.0847. The molecular weight excluding hydrogens is 1030 g/mol. The van der Waals surface area contributed by atoms with Crippen LogP contribution in [0.1, 0.15) is 303 Å². The number of ether oxygens (including phenoxy) is 3. The largest absolute Gasteiger partial charge is 0.454 e. The van der Waals surface area contributed by atoms with Gasteiger partial charge in [-0.25, -0.2) is 0 Å². The van der Waals surface area contributed by atoms with E-state index in [4.69, 9.17) is 14.2 Å². The molecule has 0 aliphatic carbocycles. The second kappa shape index (κ2) is 58.5. The molecule has 1 saturated heterocycles. The first kappa shape index (κ1) is 77.1. The van der Waals surface area contributed by atoms with Crippen LogP contribution >= 0.6 is 0 Å². The lowest BCUT2D eigenvalue weighted by Gasteiger charge is -2.41. The van der Waals surface area contributed by atoms with Crippen LogP contribution in [0.25, 0.3) is 0 Å². The SMILES string of the molecule is CCCCC/C=C\C/C=C\C/C=C\C/C=C\CCCCCC(=O)OC1C(OCC(NC(=O)C(O)CCCCCCCCCCCCCC/C=C/CCCCCCCC)C(O)/C=C/CCCCCCCCCCCC)OC(CO)C(O)C1O. The number of aliphatic hydroxyl groups is 5. The van der Waals surface area contributed by atoms with Gasteiger partial charge in [-0.2, -0.15) is 0 Å². The zero-order chi connectivity index (χ0) is 59.6. The molecule has 0 aromatic carbocycles. The van der Waals surface area contributed by atoms with E-state index in [-0.39, 0.29) is 19.4 Å². The van der Waals surface area contributed by atoms with Crippen LogP contribution in [0.15, 0.2) is 72.9 Å². The van der Waals surface area contributed by atoms with Gasteiger partial charge in [0.15, 0.2) is 12.4 Å². The Morgan fingerprint density at radius 2 is 0.841 bits per heavy atom. The van der Waals surface area contributed by atoms with E-state index in [0.29, 0.717) is 12.8 Å². The summed E-state index contributed by atoms with van der Waals surface area (Å²) in [6, 6.07) is -1.03. The zero-order valence-electron chi connectivity index (χ0n) is 52.9. The predicted molar refractivity (Wildman–Crippen MR) is 343 cm³/mol. The van der Waals surface area contributed by atoms with Crippen molar-refractivity contribution >= 4 is 11.9 Å². The molecule has 11 nitrogen and oxygen atoms in total. The van der Waals surface area contributed by atoms with Gasteiger partial charge in [0, 0.05) is 6.42 Å². The molecule has 0 aromatic heterocycles. The van der Waals surface area contributed by atoms with Crippen LogP contribution in [0.4, 0.5) is 0 Å². The molecule has 82 heavy (non-hydrogen) atoms. The minimum atomic E-state index is -1.63. The first-order valence-corrected chi connectivity index (χ1v) is 34.2. The van der Waals surface area contributed by atoms with E-state index < -0.39 is 67.4 Å². The Hall–Kier alpha value is -2.90. The Bertz CT molecular complexity index is 1610. The van der Waals surface area contributed by atoms with Crippen LogP contribution < -0.4 is 5.32 Å². The molecule has 0 saturated carbocycles. The summed E-state index contributed by atoms with van der Waals surface area (Å²) in [7, 11) is 0. The number of unbranched alkanes of at least 4 members (excludes halogenated alkanes) is 34. The van der Waals surface area contributed by atoms with E-state index in [1.54, 1.807) is 6.08 Å². The molecule has 1 aliphatic rings. The normalized spacial score (nSPS) is 19.0. The van der Waals surface area contributed by atoms with Gasteiger partial charge in [-0.15, -0.1) is 0 Å². The third-order valence-corrected chi connectivity index (χ3v) is 15.8. The summed E-state index contributed by atoms with van der Waals surface area (Å²) < 4.78 is 17.6. The first-order valence-electron chi connectivity index (χ1n) is 34.2. The van der Waals surface area contributed by atoms with Gasteiger partial charge >= 0.3 is 5.97 Å². The Morgan fingerprint density at radius 1 is 0.476 bits per heavy atom. The van der Waals surface area contributed by atoms with E-state index >= 15 is 0 Å². The highest BCUT2D eigenvalue weighted by Gasteiger charge is 2.47. The molecule has 6 N–H and O–H groups in total. The Morgan fingerprint density at radius 3 is 1.29 bits per heavy atom. The summed E-state index contributed by atoms with van der Waals surface area (Å²) in [4.78, 5) is 26.6. The summed E-state index contributed by atoms with van der Waals surface area (Å²) in [5, 5.41) is 57.1. The van der Waals surface area contributed by atoms with E-state index in [0.717, 1.165) is 77.0 Å². The molecule has 11 heteroatoms. The lowest BCUT2D eigenvalue weighted by atomic mass is 9.99. The monoisotopic (exact) mass is 1150 g/mol. The van der Waals surface area contributed by atoms with E-state index in [1.165, 1.54) is 180 Å². The first-order chi connectivity index (χ1) is 40.2. The third-order valence-electron chi connectivity index (χ3n) is 15.8. The summed E-state index contributed by atoms with van der Waals surface area (Å²) >= 11 is 0. The zero-order valence-corrected chi connectivity index (χ0v) is 52.9. The van der Waals surface area contributed by atoms with Crippen molar-refractivity contribution < 1.29 is 49.3 Å². The lowest BCUT2D eigenvalue weighted by Crippen LogP contribution is -2.61. The highest BCUT2D eigenvalue weighted by molar-refractivity contribution is 5.80. The number of nitrogens with one attached hydrogen (secondary N) is 1. The molecular formula is C71H127NO10. The molecule has 0 spiro atoms. The number of hydrogen-bond acceptors (Lipinski definition) is 10. The number of esters is 1. The topological polar surface area (TPSA) is 175 Å². The molecule has 1 aliphatic heterocycles. The number of rotatable bonds is 58. The van der Waals surface area contributed by atoms with Gasteiger partial charge in [0.1, 0.15) is 24.4 Å². The van der Waals surface area contributed by atoms with Crippen molar-refractivity contribution in [2.45, 2.75) is 352 Å². The van der Waals surface area contributed by atoms with Gasteiger partial charge in [-0.3, -0.25) is 9.59 Å². The van der Waals surface area contributed by atoms with E-state index in [9.17, 15) is 35.1 Å². The fourth-order valence-electron chi connectivity index (χ4n) is 10.4. The van der Waals surface area contributed by atoms with Gasteiger partial charge in [-0.1, -0.05) is 273 Å². The number of aliphatic hydroxyl groups excluding tert-OH is 5. The van der Waals surface area contributed by atoms with Gasteiger partial charge < -0.3 is 45.1 Å². The Kier molecular flexibility index (Phi) is 55.0. The molecule has 0 aromatic rings. The van der Waals surface area contributed by atoms with Crippen molar-refractivity contribution in [3.8, 4) is 0 Å². The van der Waals surface area contributed by atoms with Crippen LogP contribution in [0, 0.1) is 0 Å². The number of carbonyl (C=O) groups is 2. The second-order valence-electron chi connectivity index (χ2n) is 23.6. The van der Waals surface area contributed by atoms with Crippen LogP contribution in [0.2, 0.25) is 0 Å². The van der Waals surface area contributed by atoms with Gasteiger partial charge in [-0.05, 0) is 96.3 Å². The van der Waals surface area contributed by atoms with Crippen molar-refractivity contribution in [2.75, 3.05) is 13.2 Å². The molecule has 1 heterocycles. The number of amides is 1. The fourth-order valence-corrected chi connectivity index (χ4v) is 10.4. The molecule has 8 unspecified atom stereocenters. The summed E-state index contributed by atoms with van der Waals surface area (Å²) in [5.74, 6) is -1.22. The van der Waals surface area contributed by atoms with Crippen molar-refractivity contribution in [1.82, 2.24) is 5.32 Å². The maximum absolute atomic E-state index is 13.5. The van der Waals surface area contributed by atoms with E-state index in [1.807, 2.05) is 6.08 Å². The smallest absolute Gasteiger partial charge is 0.306 e. The van der Waals surface area contributed by atoms with Crippen molar-refractivity contribution in [3.63, 3.8) is 0 Å². The lowest BCUT2D eigenvalue weighted by molar-refractivity contribution is -0.305. The van der Waals surface area contributed by atoms with Crippen molar-refractivity contribution in [2.24, 2.45) is 0 Å². The summed E-state index contributed by atoms with van der Waals surface area (Å²) in [6.07, 6.45) is 65.1. The molecule has 1 amide bonds. The average molecular weight is 1150 g/mol. The highest BCUT2D eigenvalue weighted by atomic mass is 16.7. The van der Waals surface area contributed by atoms with Crippen molar-refractivity contribution in [1.29, 1.82) is 0 Å². The van der Waals surface area contributed by atoms with Crippen molar-refractivity contribution in [3.05, 3.63) is 72.9 Å². The molecule has 0 bridgehead atoms. The number of carbonyl (C=O) groups excluding carboxylic acids is 2. The summed E-state index contributed by atoms with van der Waals surface area (Å²) in [5.41, 5.74) is 0. The molecule has 8 atom stereocenters. The fraction of sp³-hybridized carbons (Fsp3) is 0.803. The quantitative estimate of drug-likeness (QED) is 0.0195. The summed E-state index contributed by atoms with van der Waals surface area (Å²) in [6.45, 7) is 5.76. The third kappa shape index (κ3) is 45.5. The van der Waals surface area contributed by atoms with Crippen LogP contribution in [-0.4, -0.2) is 99.6 Å². The van der Waals surface area contributed by atoms with Crippen LogP contribution in [0.3, 0.4) is 0 Å². The standard InChI is InChI=1S/C71H127NO10/c1-4-7-10-13-16-19-22-25-27-29-31-32-33-35-36-38-40-43-46-49-52-55-58-64(75)70(79)72-62(63(74)57-54-51-48-45-42-24-21-18-15-12-9-6-3)61-80-71-69(68(78)67(77)65(60-73)81-71)82-66(76)59-56-53-50-47-44-41-39-37-34-30-28-26-23-20-17-14-11-8-5-2/h17,20,25-28,34,37,41,44,54,57,62-65,67-69,71,73-75,77-78H,4-16,18-19,21-24,29-33,35-36,38-40,42-43,45-53,55-56,58-61H2,1-3H3,(H,72,79)/b20-17-,27-25+,28-26-,37-34-,44-41-,57-54+. The van der Waals surface area contributed by atoms with Gasteiger partial charge in [0.25, 0.3) is 0 Å². The van der Waals surface area contributed by atoms with Crippen LogP contribution in [-0.2, 0) is 23.8 Å². The molecule has 1 rings (SSSR count). The maximum Gasteiger partial charge on any atom is 0.306 e. The minimum Gasteiger partial charge on any atom is -0.454 e. The maximum atomic E-state index is 13.5. The number of hydrogen-bond donors (Lipinski definition) is 6. The second-order valence-corrected chi connectivity index (χ2v) is 23.6. The average Bonchev–Trinajstić information content (AvgIpc) is 3.44. The molecule has 1 fully saturated rings. The predicted octanol–water partition coefficient (Wildman–Crippen LogP) is 17.1. The van der Waals surface area contributed by atoms with Gasteiger partial charge in [0.05, 0.1) is 25.4 Å². The molecule has 0 radical (unpaired) electrons. The van der Waals surface area contributed by atoms with Crippen LogP contribution in [0.5, 0.6) is 0 Å². The highest BCUT2D eigenvalue weighted by Crippen LogP contribution is 2.26. The number of allylic oxidation sites excluding steroid dienone is 11. The Balaban J connectivity index is 2.63. The molecule has 476 valence electrons. The van der Waals surface area contributed by atoms with Gasteiger partial charge in [0.2, 0.25) is 5.91 Å². The Labute approximate surface area is 502 Å².